The Hall–Kier alpha value is -3.10. The van der Waals surface area contributed by atoms with Crippen LogP contribution in [0.3, 0.4) is 0 Å². The molecule has 0 saturated carbocycles. The summed E-state index contributed by atoms with van der Waals surface area (Å²) in [5.41, 5.74) is 3.70. The highest BCUT2D eigenvalue weighted by Gasteiger charge is 2.20. The van der Waals surface area contributed by atoms with Gasteiger partial charge in [0.25, 0.3) is 5.91 Å². The number of rotatable bonds is 5. The van der Waals surface area contributed by atoms with Gasteiger partial charge in [0.05, 0.1) is 17.1 Å². The van der Waals surface area contributed by atoms with Gasteiger partial charge in [0.1, 0.15) is 21.4 Å². The number of thiazole rings is 1. The normalized spacial score (nSPS) is 10.9. The lowest BCUT2D eigenvalue weighted by atomic mass is 10.2. The lowest BCUT2D eigenvalue weighted by Gasteiger charge is -2.04. The minimum Gasteiger partial charge on any atom is -0.347 e. The van der Waals surface area contributed by atoms with Crippen LogP contribution in [0.25, 0.3) is 16.4 Å². The minimum atomic E-state index is -0.310. The molecular formula is C21H17ClFN5OS. The van der Waals surface area contributed by atoms with Crippen LogP contribution in [0.1, 0.15) is 26.6 Å². The summed E-state index contributed by atoms with van der Waals surface area (Å²) in [4.78, 5) is 17.7. The van der Waals surface area contributed by atoms with Gasteiger partial charge in [-0.1, -0.05) is 28.9 Å². The quantitative estimate of drug-likeness (QED) is 0.486. The van der Waals surface area contributed by atoms with E-state index < -0.39 is 0 Å². The maximum Gasteiger partial charge on any atom is 0.263 e. The van der Waals surface area contributed by atoms with E-state index in [0.29, 0.717) is 32.8 Å². The number of halogens is 2. The smallest absolute Gasteiger partial charge is 0.263 e. The molecule has 0 aliphatic heterocycles. The topological polar surface area (TPSA) is 72.7 Å². The Balaban J connectivity index is 1.54. The van der Waals surface area contributed by atoms with Crippen molar-refractivity contribution in [2.45, 2.75) is 20.4 Å². The molecule has 1 amide bonds. The van der Waals surface area contributed by atoms with Gasteiger partial charge in [0, 0.05) is 11.6 Å². The van der Waals surface area contributed by atoms with Crippen molar-refractivity contribution in [2.75, 3.05) is 0 Å². The fourth-order valence-corrected chi connectivity index (χ4v) is 4.07. The van der Waals surface area contributed by atoms with Gasteiger partial charge in [-0.25, -0.2) is 14.1 Å². The molecule has 0 fully saturated rings. The fraction of sp³-hybridized carbons (Fsp3) is 0.143. The Morgan fingerprint density at radius 1 is 1.13 bits per heavy atom. The lowest BCUT2D eigenvalue weighted by Crippen LogP contribution is -2.22. The first kappa shape index (κ1) is 20.2. The second-order valence-electron chi connectivity index (χ2n) is 6.65. The van der Waals surface area contributed by atoms with Crippen molar-refractivity contribution in [3.8, 4) is 16.4 Å². The molecule has 0 atom stereocenters. The van der Waals surface area contributed by atoms with Crippen molar-refractivity contribution < 1.29 is 9.18 Å². The van der Waals surface area contributed by atoms with Crippen molar-refractivity contribution >= 4 is 28.8 Å². The molecule has 2 aromatic heterocycles. The molecule has 9 heteroatoms. The number of aromatic nitrogens is 4. The molecule has 30 heavy (non-hydrogen) atoms. The molecule has 0 unspecified atom stereocenters. The van der Waals surface area contributed by atoms with Crippen LogP contribution >= 0.6 is 22.9 Å². The zero-order chi connectivity index (χ0) is 21.3. The number of carbonyl (C=O) groups is 1. The standard InChI is InChI=1S/C21H17ClFN5OS/c1-12-19(20(29)24-11-14-3-7-16(23)8-4-14)30-21(25-12)18-13(2)28(27-26-18)17-9-5-15(22)6-10-17/h3-10H,11H2,1-2H3,(H,24,29). The number of benzene rings is 2. The monoisotopic (exact) mass is 441 g/mol. The fourth-order valence-electron chi connectivity index (χ4n) is 2.93. The van der Waals surface area contributed by atoms with Crippen LogP contribution in [-0.4, -0.2) is 25.9 Å². The number of hydrogen-bond acceptors (Lipinski definition) is 5. The Labute approximate surface area is 181 Å². The van der Waals surface area contributed by atoms with Gasteiger partial charge in [-0.15, -0.1) is 16.4 Å². The number of carbonyl (C=O) groups excluding carboxylic acids is 1. The largest absolute Gasteiger partial charge is 0.347 e. The maximum atomic E-state index is 13.0. The van der Waals surface area contributed by atoms with Crippen LogP contribution in [0.5, 0.6) is 0 Å². The Kier molecular flexibility index (Phi) is 5.61. The van der Waals surface area contributed by atoms with E-state index in [1.165, 1.54) is 23.5 Å². The number of nitrogens with one attached hydrogen (secondary N) is 1. The van der Waals surface area contributed by atoms with Crippen LogP contribution < -0.4 is 5.32 Å². The molecule has 2 heterocycles. The molecular weight excluding hydrogens is 425 g/mol. The van der Waals surface area contributed by atoms with Crippen LogP contribution in [-0.2, 0) is 6.54 Å². The lowest BCUT2D eigenvalue weighted by molar-refractivity contribution is 0.0954. The van der Waals surface area contributed by atoms with E-state index in [2.05, 4.69) is 20.6 Å². The molecule has 0 aliphatic carbocycles. The second kappa shape index (κ2) is 8.33. The number of nitrogens with zero attached hydrogens (tertiary/aromatic N) is 4. The van der Waals surface area contributed by atoms with E-state index in [4.69, 9.17) is 11.6 Å². The van der Waals surface area contributed by atoms with Crippen LogP contribution in [0.15, 0.2) is 48.5 Å². The summed E-state index contributed by atoms with van der Waals surface area (Å²) >= 11 is 7.22. The van der Waals surface area contributed by atoms with Crippen LogP contribution in [0, 0.1) is 19.7 Å². The van der Waals surface area contributed by atoms with Crippen molar-refractivity contribution in [1.29, 1.82) is 0 Å². The summed E-state index contributed by atoms with van der Waals surface area (Å²) in [5.74, 6) is -0.543. The average Bonchev–Trinajstić information content (AvgIpc) is 3.30. The van der Waals surface area contributed by atoms with Gasteiger partial charge in [-0.05, 0) is 55.8 Å². The first-order valence-electron chi connectivity index (χ1n) is 9.11. The summed E-state index contributed by atoms with van der Waals surface area (Å²) in [6.07, 6.45) is 0. The minimum absolute atomic E-state index is 0.233. The molecule has 0 spiro atoms. The first-order chi connectivity index (χ1) is 14.4. The third-order valence-electron chi connectivity index (χ3n) is 4.54. The van der Waals surface area contributed by atoms with Gasteiger partial charge in [0.15, 0.2) is 0 Å². The third-order valence-corrected chi connectivity index (χ3v) is 5.95. The molecule has 6 nitrogen and oxygen atoms in total. The number of aryl methyl sites for hydroxylation is 1. The van der Waals surface area contributed by atoms with Gasteiger partial charge >= 0.3 is 0 Å². The van der Waals surface area contributed by atoms with E-state index in [-0.39, 0.29) is 11.7 Å². The Morgan fingerprint density at radius 2 is 1.83 bits per heavy atom. The molecule has 4 rings (SSSR count). The van der Waals surface area contributed by atoms with Gasteiger partial charge < -0.3 is 5.32 Å². The predicted octanol–water partition coefficient (Wildman–Crippen LogP) is 4.73. The van der Waals surface area contributed by atoms with Crippen LogP contribution in [0.2, 0.25) is 5.02 Å². The molecule has 0 aliphatic rings. The predicted molar refractivity (Wildman–Crippen MR) is 115 cm³/mol. The molecule has 2 aromatic carbocycles. The summed E-state index contributed by atoms with van der Waals surface area (Å²) < 4.78 is 14.7. The molecule has 152 valence electrons. The highest BCUT2D eigenvalue weighted by atomic mass is 35.5. The molecule has 1 N–H and O–H groups in total. The van der Waals surface area contributed by atoms with E-state index in [9.17, 15) is 9.18 Å². The molecule has 4 aromatic rings. The molecule has 0 saturated heterocycles. The van der Waals surface area contributed by atoms with Crippen molar-refractivity contribution in [3.63, 3.8) is 0 Å². The summed E-state index contributed by atoms with van der Waals surface area (Å²) in [6.45, 7) is 3.98. The number of amides is 1. The van der Waals surface area contributed by atoms with E-state index in [1.54, 1.807) is 35.9 Å². The van der Waals surface area contributed by atoms with E-state index in [0.717, 1.165) is 16.9 Å². The Bertz CT molecular complexity index is 1200. The summed E-state index contributed by atoms with van der Waals surface area (Å²) in [6, 6.07) is 13.3. The SMILES string of the molecule is Cc1nc(-c2nnn(-c3ccc(Cl)cc3)c2C)sc1C(=O)NCc1ccc(F)cc1. The second-order valence-corrected chi connectivity index (χ2v) is 8.09. The Morgan fingerprint density at radius 3 is 2.53 bits per heavy atom. The van der Waals surface area contributed by atoms with Crippen molar-refractivity contribution in [2.24, 2.45) is 0 Å². The first-order valence-corrected chi connectivity index (χ1v) is 10.3. The van der Waals surface area contributed by atoms with Crippen LogP contribution in [0.4, 0.5) is 4.39 Å². The van der Waals surface area contributed by atoms with Gasteiger partial charge in [-0.3, -0.25) is 4.79 Å². The molecule has 0 radical (unpaired) electrons. The number of hydrogen-bond donors (Lipinski definition) is 1. The van der Waals surface area contributed by atoms with Gasteiger partial charge in [-0.2, -0.15) is 0 Å². The van der Waals surface area contributed by atoms with E-state index >= 15 is 0 Å². The molecule has 0 bridgehead atoms. The average molecular weight is 442 g/mol. The summed E-state index contributed by atoms with van der Waals surface area (Å²) in [5, 5.41) is 12.6. The van der Waals surface area contributed by atoms with Gasteiger partial charge in [0.2, 0.25) is 0 Å². The van der Waals surface area contributed by atoms with E-state index in [1.807, 2.05) is 19.1 Å². The zero-order valence-corrected chi connectivity index (χ0v) is 17.8. The zero-order valence-electron chi connectivity index (χ0n) is 16.2. The van der Waals surface area contributed by atoms with Crippen molar-refractivity contribution in [3.05, 3.63) is 81.2 Å². The summed E-state index contributed by atoms with van der Waals surface area (Å²) in [7, 11) is 0. The highest BCUT2D eigenvalue weighted by molar-refractivity contribution is 7.17. The highest BCUT2D eigenvalue weighted by Crippen LogP contribution is 2.29. The van der Waals surface area contributed by atoms with Crippen molar-refractivity contribution in [1.82, 2.24) is 25.3 Å². The maximum absolute atomic E-state index is 13.0. The third kappa shape index (κ3) is 4.10.